The minimum Gasteiger partial charge on any atom is -0.319 e. The lowest BCUT2D eigenvalue weighted by molar-refractivity contribution is 0.818. The Kier molecular flexibility index (Phi) is 4.72. The van der Waals surface area contributed by atoms with E-state index in [-0.39, 0.29) is 0 Å². The van der Waals surface area contributed by atoms with Crippen molar-refractivity contribution in [3.05, 3.63) is 33.8 Å². The first-order chi connectivity index (χ1) is 6.74. The number of benzene rings is 1. The van der Waals surface area contributed by atoms with Crippen LogP contribution in [0.3, 0.4) is 0 Å². The van der Waals surface area contributed by atoms with E-state index in [9.17, 15) is 0 Å². The van der Waals surface area contributed by atoms with Crippen molar-refractivity contribution in [2.45, 2.75) is 13.3 Å². The molecule has 1 N–H and O–H groups in total. The van der Waals surface area contributed by atoms with Crippen molar-refractivity contribution >= 4 is 15.9 Å². The molecule has 0 aliphatic carbocycles. The number of halogens is 1. The Morgan fingerprint density at radius 3 is 2.86 bits per heavy atom. The first-order valence-corrected chi connectivity index (χ1v) is 5.43. The minimum atomic E-state index is 0.891. The maximum Gasteiger partial charge on any atom is 0.0256 e. The van der Waals surface area contributed by atoms with Gasteiger partial charge in [-0.25, -0.2) is 0 Å². The summed E-state index contributed by atoms with van der Waals surface area (Å²) in [7, 11) is 1.93. The largest absolute Gasteiger partial charge is 0.319 e. The number of aryl methyl sites for hydroxylation is 1. The Morgan fingerprint density at radius 1 is 1.43 bits per heavy atom. The molecule has 2 heteroatoms. The maximum absolute atomic E-state index is 3.49. The highest BCUT2D eigenvalue weighted by Gasteiger charge is 1.93. The highest BCUT2D eigenvalue weighted by molar-refractivity contribution is 9.10. The topological polar surface area (TPSA) is 12.0 Å². The molecule has 0 amide bonds. The SMILES string of the molecule is CNCCC#Cc1ccc(C)c(Br)c1. The molecule has 0 aliphatic heterocycles. The van der Waals surface area contributed by atoms with Crippen LogP contribution >= 0.6 is 15.9 Å². The van der Waals surface area contributed by atoms with Crippen molar-refractivity contribution in [1.29, 1.82) is 0 Å². The van der Waals surface area contributed by atoms with Crippen LogP contribution in [-0.4, -0.2) is 13.6 Å². The van der Waals surface area contributed by atoms with Gasteiger partial charge >= 0.3 is 0 Å². The van der Waals surface area contributed by atoms with E-state index in [2.05, 4.69) is 52.1 Å². The number of rotatable bonds is 2. The predicted octanol–water partition coefficient (Wildman–Crippen LogP) is 2.72. The highest BCUT2D eigenvalue weighted by atomic mass is 79.9. The summed E-state index contributed by atoms with van der Waals surface area (Å²) in [5, 5.41) is 3.06. The van der Waals surface area contributed by atoms with Gasteiger partial charge in [-0.3, -0.25) is 0 Å². The van der Waals surface area contributed by atoms with Gasteiger partial charge in [0, 0.05) is 23.0 Å². The third-order valence-corrected chi connectivity index (χ3v) is 2.76. The zero-order valence-corrected chi connectivity index (χ0v) is 10.1. The molecule has 0 fully saturated rings. The van der Waals surface area contributed by atoms with Crippen LogP contribution in [0, 0.1) is 18.8 Å². The van der Waals surface area contributed by atoms with E-state index < -0.39 is 0 Å². The maximum atomic E-state index is 3.49. The molecule has 14 heavy (non-hydrogen) atoms. The summed E-state index contributed by atoms with van der Waals surface area (Å²) in [5.41, 5.74) is 2.31. The van der Waals surface area contributed by atoms with Gasteiger partial charge in [0.1, 0.15) is 0 Å². The summed E-state index contributed by atoms with van der Waals surface area (Å²) < 4.78 is 1.12. The van der Waals surface area contributed by atoms with Crippen LogP contribution in [0.15, 0.2) is 22.7 Å². The van der Waals surface area contributed by atoms with E-state index in [1.807, 2.05) is 13.1 Å². The molecule has 0 radical (unpaired) electrons. The molecule has 74 valence electrons. The first kappa shape index (κ1) is 11.3. The molecule has 0 spiro atoms. The van der Waals surface area contributed by atoms with Gasteiger partial charge < -0.3 is 5.32 Å². The van der Waals surface area contributed by atoms with E-state index in [1.165, 1.54) is 5.56 Å². The Bertz CT molecular complexity index is 360. The lowest BCUT2D eigenvalue weighted by Crippen LogP contribution is -2.05. The molecule has 0 bridgehead atoms. The van der Waals surface area contributed by atoms with Gasteiger partial charge in [0.2, 0.25) is 0 Å². The second kappa shape index (κ2) is 5.85. The van der Waals surface area contributed by atoms with Crippen LogP contribution in [0.5, 0.6) is 0 Å². The number of nitrogens with one attached hydrogen (secondary N) is 1. The van der Waals surface area contributed by atoms with Crippen molar-refractivity contribution in [3.8, 4) is 11.8 Å². The minimum absolute atomic E-state index is 0.891. The highest BCUT2D eigenvalue weighted by Crippen LogP contribution is 2.16. The first-order valence-electron chi connectivity index (χ1n) is 4.63. The summed E-state index contributed by atoms with van der Waals surface area (Å²) in [6.45, 7) is 3.02. The fourth-order valence-electron chi connectivity index (χ4n) is 1.02. The van der Waals surface area contributed by atoms with Gasteiger partial charge in [0.15, 0.2) is 0 Å². The van der Waals surface area contributed by atoms with Crippen molar-refractivity contribution in [2.24, 2.45) is 0 Å². The second-order valence-electron chi connectivity index (χ2n) is 3.12. The van der Waals surface area contributed by atoms with Gasteiger partial charge in [-0.1, -0.05) is 33.8 Å². The Balaban J connectivity index is 2.66. The van der Waals surface area contributed by atoms with E-state index in [4.69, 9.17) is 0 Å². The fraction of sp³-hybridized carbons (Fsp3) is 0.333. The molecule has 0 heterocycles. The number of hydrogen-bond acceptors (Lipinski definition) is 1. The predicted molar refractivity (Wildman–Crippen MR) is 64.3 cm³/mol. The molecular formula is C12H14BrN. The summed E-state index contributed by atoms with van der Waals surface area (Å²) in [4.78, 5) is 0. The van der Waals surface area contributed by atoms with Crippen LogP contribution < -0.4 is 5.32 Å². The van der Waals surface area contributed by atoms with E-state index >= 15 is 0 Å². The Labute approximate surface area is 94.0 Å². The molecule has 1 aromatic carbocycles. The van der Waals surface area contributed by atoms with Crippen LogP contribution in [0.25, 0.3) is 0 Å². The monoisotopic (exact) mass is 251 g/mol. The summed E-state index contributed by atoms with van der Waals surface area (Å²) in [6.07, 6.45) is 0.891. The van der Waals surface area contributed by atoms with Gasteiger partial charge in [-0.15, -0.1) is 0 Å². The van der Waals surface area contributed by atoms with E-state index in [1.54, 1.807) is 0 Å². The third kappa shape index (κ3) is 3.53. The molecule has 0 unspecified atom stereocenters. The molecule has 0 aromatic heterocycles. The van der Waals surface area contributed by atoms with Crippen molar-refractivity contribution < 1.29 is 0 Å². The molecule has 0 saturated heterocycles. The van der Waals surface area contributed by atoms with Gasteiger partial charge in [0.25, 0.3) is 0 Å². The van der Waals surface area contributed by atoms with Crippen molar-refractivity contribution in [3.63, 3.8) is 0 Å². The smallest absolute Gasteiger partial charge is 0.0256 e. The van der Waals surface area contributed by atoms with Crippen LogP contribution in [0.1, 0.15) is 17.5 Å². The molecule has 0 saturated carbocycles. The quantitative estimate of drug-likeness (QED) is 0.630. The summed E-state index contributed by atoms with van der Waals surface area (Å²) in [5.74, 6) is 6.24. The Morgan fingerprint density at radius 2 is 2.21 bits per heavy atom. The lowest BCUT2D eigenvalue weighted by atomic mass is 10.1. The molecule has 1 nitrogen and oxygen atoms in total. The van der Waals surface area contributed by atoms with Gasteiger partial charge in [-0.05, 0) is 31.7 Å². The summed E-state index contributed by atoms with van der Waals surface area (Å²) in [6, 6.07) is 6.18. The number of hydrogen-bond donors (Lipinski definition) is 1. The zero-order valence-electron chi connectivity index (χ0n) is 8.52. The standard InChI is InChI=1S/C12H14BrN/c1-10-6-7-11(9-12(10)13)5-3-4-8-14-2/h6-7,9,14H,4,8H2,1-2H3. The van der Waals surface area contributed by atoms with Crippen LogP contribution in [-0.2, 0) is 0 Å². The summed E-state index contributed by atoms with van der Waals surface area (Å²) >= 11 is 3.49. The third-order valence-electron chi connectivity index (χ3n) is 1.90. The molecule has 0 atom stereocenters. The average molecular weight is 252 g/mol. The van der Waals surface area contributed by atoms with Gasteiger partial charge in [-0.2, -0.15) is 0 Å². The average Bonchev–Trinajstić information content (AvgIpc) is 2.18. The molecule has 1 aromatic rings. The van der Waals surface area contributed by atoms with Gasteiger partial charge in [0.05, 0.1) is 0 Å². The van der Waals surface area contributed by atoms with Crippen molar-refractivity contribution in [2.75, 3.05) is 13.6 Å². The molecule has 1 rings (SSSR count). The fourth-order valence-corrected chi connectivity index (χ4v) is 1.40. The van der Waals surface area contributed by atoms with Crippen LogP contribution in [0.4, 0.5) is 0 Å². The Hall–Kier alpha value is -0.780. The lowest BCUT2D eigenvalue weighted by Gasteiger charge is -1.97. The zero-order chi connectivity index (χ0) is 10.4. The molecular weight excluding hydrogens is 238 g/mol. The van der Waals surface area contributed by atoms with E-state index in [0.717, 1.165) is 23.0 Å². The van der Waals surface area contributed by atoms with Crippen molar-refractivity contribution in [1.82, 2.24) is 5.32 Å². The molecule has 0 aliphatic rings. The second-order valence-corrected chi connectivity index (χ2v) is 3.97. The normalized spacial score (nSPS) is 9.36. The van der Waals surface area contributed by atoms with E-state index in [0.29, 0.717) is 0 Å². The van der Waals surface area contributed by atoms with Crippen LogP contribution in [0.2, 0.25) is 0 Å².